The van der Waals surface area contributed by atoms with Crippen molar-refractivity contribution in [3.63, 3.8) is 0 Å². The molecular formula is C19H17F4N5O. The summed E-state index contributed by atoms with van der Waals surface area (Å²) in [5.41, 5.74) is 0.386. The van der Waals surface area contributed by atoms with Crippen molar-refractivity contribution in [1.29, 1.82) is 5.26 Å². The molecule has 0 spiro atoms. The van der Waals surface area contributed by atoms with Crippen LogP contribution in [0, 0.1) is 17.1 Å². The molecule has 3 heterocycles. The van der Waals surface area contributed by atoms with E-state index in [0.717, 1.165) is 10.7 Å². The van der Waals surface area contributed by atoms with E-state index in [1.54, 1.807) is 6.07 Å². The number of alkyl halides is 3. The molecule has 10 heteroatoms. The number of hydrogen-bond donors (Lipinski definition) is 1. The van der Waals surface area contributed by atoms with Gasteiger partial charge in [-0.2, -0.15) is 19.1 Å². The summed E-state index contributed by atoms with van der Waals surface area (Å²) in [7, 11) is 0. The van der Waals surface area contributed by atoms with Crippen molar-refractivity contribution < 1.29 is 22.4 Å². The maximum atomic E-state index is 14.6. The standard InChI is InChI=1S/C19H17F4N5O/c20-12-3-5-19(22,23)17-14-10-27(6-4-16(14)26-28(17)9-12)18(29)25-13-1-2-15(21)11(7-13)8-24/h1-2,7,12H,3-6,9-10H2,(H,25,29)/t12-/m1/s1. The average Bonchev–Trinajstić information content (AvgIpc) is 3.00. The van der Waals surface area contributed by atoms with Crippen molar-refractivity contribution in [3.05, 3.63) is 46.5 Å². The van der Waals surface area contributed by atoms with E-state index >= 15 is 0 Å². The van der Waals surface area contributed by atoms with Gasteiger partial charge in [0.1, 0.15) is 23.8 Å². The van der Waals surface area contributed by atoms with E-state index in [9.17, 15) is 22.4 Å². The third-order valence-electron chi connectivity index (χ3n) is 5.22. The molecule has 2 aliphatic heterocycles. The van der Waals surface area contributed by atoms with Crippen molar-refractivity contribution in [3.8, 4) is 6.07 Å². The summed E-state index contributed by atoms with van der Waals surface area (Å²) in [5, 5.41) is 15.6. The molecule has 2 amide bonds. The van der Waals surface area contributed by atoms with Crippen LogP contribution in [-0.4, -0.2) is 33.4 Å². The topological polar surface area (TPSA) is 74.0 Å². The molecule has 1 atom stereocenters. The highest BCUT2D eigenvalue weighted by Gasteiger charge is 2.43. The third kappa shape index (κ3) is 3.52. The number of halogens is 4. The van der Waals surface area contributed by atoms with Gasteiger partial charge in [0.05, 0.1) is 24.3 Å². The van der Waals surface area contributed by atoms with Gasteiger partial charge in [0.25, 0.3) is 5.92 Å². The second-order valence-electron chi connectivity index (χ2n) is 7.20. The van der Waals surface area contributed by atoms with Gasteiger partial charge in [-0.3, -0.25) is 4.68 Å². The van der Waals surface area contributed by atoms with Crippen molar-refractivity contribution in [2.75, 3.05) is 11.9 Å². The summed E-state index contributed by atoms with van der Waals surface area (Å²) in [6, 6.07) is 4.69. The van der Waals surface area contributed by atoms with E-state index < -0.39 is 30.4 Å². The molecule has 2 aromatic rings. The van der Waals surface area contributed by atoms with Gasteiger partial charge in [0.2, 0.25) is 0 Å². The first-order valence-electron chi connectivity index (χ1n) is 9.15. The smallest absolute Gasteiger partial charge is 0.320 e. The number of nitrogens with one attached hydrogen (secondary N) is 1. The number of hydrogen-bond acceptors (Lipinski definition) is 3. The van der Waals surface area contributed by atoms with E-state index in [0.29, 0.717) is 5.69 Å². The van der Waals surface area contributed by atoms with E-state index in [1.165, 1.54) is 17.0 Å². The van der Waals surface area contributed by atoms with Gasteiger partial charge in [-0.15, -0.1) is 0 Å². The molecule has 0 unspecified atom stereocenters. The number of anilines is 1. The number of amides is 2. The molecule has 29 heavy (non-hydrogen) atoms. The first-order valence-corrected chi connectivity index (χ1v) is 9.15. The molecule has 0 radical (unpaired) electrons. The van der Waals surface area contributed by atoms with Crippen molar-refractivity contribution in [2.24, 2.45) is 0 Å². The molecule has 6 nitrogen and oxygen atoms in total. The van der Waals surface area contributed by atoms with E-state index in [-0.39, 0.29) is 55.0 Å². The van der Waals surface area contributed by atoms with E-state index in [4.69, 9.17) is 5.26 Å². The zero-order valence-corrected chi connectivity index (χ0v) is 15.3. The molecule has 0 saturated carbocycles. The van der Waals surface area contributed by atoms with Crippen LogP contribution in [0.5, 0.6) is 0 Å². The Morgan fingerprint density at radius 1 is 1.38 bits per heavy atom. The Kier molecular flexibility index (Phi) is 4.68. The molecular weight excluding hydrogens is 390 g/mol. The lowest BCUT2D eigenvalue weighted by atomic mass is 10.00. The predicted molar refractivity (Wildman–Crippen MR) is 94.5 cm³/mol. The first-order chi connectivity index (χ1) is 13.8. The Morgan fingerprint density at radius 3 is 2.93 bits per heavy atom. The lowest BCUT2D eigenvalue weighted by Gasteiger charge is -2.28. The minimum absolute atomic E-state index is 0.0880. The van der Waals surface area contributed by atoms with E-state index in [2.05, 4.69) is 10.4 Å². The van der Waals surface area contributed by atoms with Crippen LogP contribution in [-0.2, 0) is 25.4 Å². The molecule has 1 N–H and O–H groups in total. The summed E-state index contributed by atoms with van der Waals surface area (Å²) in [6.07, 6.45) is -1.98. The summed E-state index contributed by atoms with van der Waals surface area (Å²) >= 11 is 0. The van der Waals surface area contributed by atoms with Crippen LogP contribution in [0.25, 0.3) is 0 Å². The fraction of sp³-hybridized carbons (Fsp3) is 0.421. The summed E-state index contributed by atoms with van der Waals surface area (Å²) < 4.78 is 57.6. The van der Waals surface area contributed by atoms with Crippen LogP contribution in [0.1, 0.15) is 35.4 Å². The van der Waals surface area contributed by atoms with Gasteiger partial charge < -0.3 is 10.2 Å². The maximum Gasteiger partial charge on any atom is 0.322 e. The molecule has 2 aliphatic rings. The minimum Gasteiger partial charge on any atom is -0.320 e. The second-order valence-corrected chi connectivity index (χ2v) is 7.20. The maximum absolute atomic E-state index is 14.6. The minimum atomic E-state index is -3.22. The number of fused-ring (bicyclic) bond motifs is 3. The van der Waals surface area contributed by atoms with Crippen LogP contribution in [0.4, 0.5) is 28.0 Å². The fourth-order valence-electron chi connectivity index (χ4n) is 3.77. The van der Waals surface area contributed by atoms with Crippen LogP contribution >= 0.6 is 0 Å². The highest BCUT2D eigenvalue weighted by Crippen LogP contribution is 2.41. The molecule has 1 aromatic heterocycles. The average molecular weight is 407 g/mol. The van der Waals surface area contributed by atoms with Crippen LogP contribution in [0.2, 0.25) is 0 Å². The van der Waals surface area contributed by atoms with Crippen molar-refractivity contribution >= 4 is 11.7 Å². The number of nitriles is 1. The van der Waals surface area contributed by atoms with Gasteiger partial charge in [0, 0.05) is 30.6 Å². The Labute approximate surface area is 163 Å². The number of aromatic nitrogens is 2. The SMILES string of the molecule is N#Cc1cc(NC(=O)N2CCc3nn4c(c3C2)C(F)(F)CC[C@@H](F)C4)ccc1F. The number of carbonyl (C=O) groups is 1. The molecule has 1 aromatic carbocycles. The monoisotopic (exact) mass is 407 g/mol. The highest BCUT2D eigenvalue weighted by molar-refractivity contribution is 5.89. The van der Waals surface area contributed by atoms with Gasteiger partial charge in [0.15, 0.2) is 0 Å². The molecule has 0 fully saturated rings. The molecule has 0 saturated heterocycles. The van der Waals surface area contributed by atoms with Crippen molar-refractivity contribution in [1.82, 2.24) is 14.7 Å². The normalized spacial score (nSPS) is 20.2. The van der Waals surface area contributed by atoms with Crippen molar-refractivity contribution in [2.45, 2.75) is 44.4 Å². The highest BCUT2D eigenvalue weighted by atomic mass is 19.3. The van der Waals surface area contributed by atoms with Gasteiger partial charge in [-0.05, 0) is 24.6 Å². The number of rotatable bonds is 1. The fourth-order valence-corrected chi connectivity index (χ4v) is 3.77. The second kappa shape index (κ2) is 7.06. The number of nitrogens with zero attached hydrogens (tertiary/aromatic N) is 4. The molecule has 0 aliphatic carbocycles. The Hall–Kier alpha value is -3.09. The summed E-state index contributed by atoms with van der Waals surface area (Å²) in [6.45, 7) is -0.0712. The van der Waals surface area contributed by atoms with Crippen LogP contribution in [0.3, 0.4) is 0 Å². The Balaban J connectivity index is 1.57. The molecule has 0 bridgehead atoms. The quantitative estimate of drug-likeness (QED) is 0.733. The molecule has 4 rings (SSSR count). The zero-order valence-electron chi connectivity index (χ0n) is 15.3. The zero-order chi connectivity index (χ0) is 20.8. The number of benzene rings is 1. The number of urea groups is 1. The predicted octanol–water partition coefficient (Wildman–Crippen LogP) is 3.71. The molecule has 152 valence electrons. The largest absolute Gasteiger partial charge is 0.322 e. The van der Waals surface area contributed by atoms with Gasteiger partial charge in [-0.1, -0.05) is 0 Å². The summed E-state index contributed by atoms with van der Waals surface area (Å²) in [5.74, 6) is -3.93. The van der Waals surface area contributed by atoms with Crippen LogP contribution < -0.4 is 5.32 Å². The van der Waals surface area contributed by atoms with Crippen LogP contribution in [0.15, 0.2) is 18.2 Å². The first kappa shape index (κ1) is 19.2. The number of carbonyl (C=O) groups excluding carboxylic acids is 1. The third-order valence-corrected chi connectivity index (χ3v) is 5.22. The van der Waals surface area contributed by atoms with Gasteiger partial charge in [-0.25, -0.2) is 13.6 Å². The lowest BCUT2D eigenvalue weighted by molar-refractivity contribution is -0.0224. The van der Waals surface area contributed by atoms with Gasteiger partial charge >= 0.3 is 6.03 Å². The van der Waals surface area contributed by atoms with E-state index in [1.807, 2.05) is 0 Å². The lowest BCUT2D eigenvalue weighted by Crippen LogP contribution is -2.39. The Bertz CT molecular complexity index is 1010. The summed E-state index contributed by atoms with van der Waals surface area (Å²) in [4.78, 5) is 13.9. The Morgan fingerprint density at radius 2 is 2.17 bits per heavy atom.